The Morgan fingerprint density at radius 1 is 1.20 bits per heavy atom. The molecule has 4 unspecified atom stereocenters. The Morgan fingerprint density at radius 2 is 1.80 bits per heavy atom. The van der Waals surface area contributed by atoms with Crippen molar-refractivity contribution in [3.8, 4) is 0 Å². The Labute approximate surface area is 152 Å². The first kappa shape index (κ1) is 21.0. The van der Waals surface area contributed by atoms with Crippen LogP contribution in [0.15, 0.2) is 0 Å². The fourth-order valence-corrected chi connectivity index (χ4v) is 4.11. The van der Waals surface area contributed by atoms with Gasteiger partial charge in [-0.3, -0.25) is 4.79 Å². The van der Waals surface area contributed by atoms with Crippen molar-refractivity contribution >= 4 is 14.1 Å². The molecule has 0 aromatic heterocycles. The number of hydrogen-bond donors (Lipinski definition) is 0. The van der Waals surface area contributed by atoms with Crippen molar-refractivity contribution in [3.05, 3.63) is 0 Å². The maximum Gasteiger partial charge on any atom is 0.192 e. The number of rotatable bonds is 6. The second-order valence-corrected chi connectivity index (χ2v) is 13.8. The summed E-state index contributed by atoms with van der Waals surface area (Å²) < 4.78 is 29.1. The average Bonchev–Trinajstić information content (AvgIpc) is 2.78. The molecule has 7 heteroatoms. The zero-order valence-electron chi connectivity index (χ0n) is 16.9. The largest absolute Gasteiger partial charge is 0.416 e. The molecule has 0 aromatic carbocycles. The lowest BCUT2D eigenvalue weighted by molar-refractivity contribution is -0.170. The van der Waals surface area contributed by atoms with E-state index < -0.39 is 14.1 Å². The van der Waals surface area contributed by atoms with Gasteiger partial charge >= 0.3 is 0 Å². The van der Waals surface area contributed by atoms with E-state index >= 15 is 0 Å². The molecule has 146 valence electrons. The predicted octanol–water partition coefficient (Wildman–Crippen LogP) is 3.11. The van der Waals surface area contributed by atoms with E-state index in [0.717, 1.165) is 0 Å². The van der Waals surface area contributed by atoms with Crippen LogP contribution < -0.4 is 0 Å². The smallest absolute Gasteiger partial charge is 0.192 e. The van der Waals surface area contributed by atoms with Crippen LogP contribution in [0.4, 0.5) is 0 Å². The van der Waals surface area contributed by atoms with E-state index in [1.54, 1.807) is 7.11 Å². The minimum Gasteiger partial charge on any atom is -0.416 e. The van der Waals surface area contributed by atoms with Gasteiger partial charge in [0.05, 0.1) is 12.0 Å². The maximum atomic E-state index is 12.8. The normalized spacial score (nSPS) is 32.7. The van der Waals surface area contributed by atoms with Crippen LogP contribution in [0.2, 0.25) is 18.1 Å². The zero-order chi connectivity index (χ0) is 19.0. The van der Waals surface area contributed by atoms with Gasteiger partial charge in [0.2, 0.25) is 0 Å². The van der Waals surface area contributed by atoms with Gasteiger partial charge in [-0.1, -0.05) is 20.8 Å². The first-order valence-electron chi connectivity index (χ1n) is 9.01. The molecule has 0 N–H and O–H groups in total. The highest BCUT2D eigenvalue weighted by Gasteiger charge is 2.55. The van der Waals surface area contributed by atoms with E-state index in [1.807, 2.05) is 13.8 Å². The van der Waals surface area contributed by atoms with Gasteiger partial charge in [-0.2, -0.15) is 0 Å². The molecule has 1 aliphatic carbocycles. The third-order valence-electron chi connectivity index (χ3n) is 5.57. The van der Waals surface area contributed by atoms with Crippen LogP contribution in [0.3, 0.4) is 0 Å². The third-order valence-corrected chi connectivity index (χ3v) is 10.1. The summed E-state index contributed by atoms with van der Waals surface area (Å²) in [7, 11) is -0.373. The fraction of sp³-hybridized carbons (Fsp3) is 0.944. The van der Waals surface area contributed by atoms with Gasteiger partial charge in [-0.05, 0) is 32.0 Å². The highest BCUT2D eigenvalue weighted by Crippen LogP contribution is 2.42. The molecule has 1 heterocycles. The summed E-state index contributed by atoms with van der Waals surface area (Å²) >= 11 is 0. The van der Waals surface area contributed by atoms with Crippen molar-refractivity contribution in [2.24, 2.45) is 5.92 Å². The quantitative estimate of drug-likeness (QED) is 0.526. The summed E-state index contributed by atoms with van der Waals surface area (Å²) in [5.74, 6) is -0.935. The number of carbonyl (C=O) groups excluding carboxylic acids is 1. The predicted molar refractivity (Wildman–Crippen MR) is 96.8 cm³/mol. The van der Waals surface area contributed by atoms with Crippen LogP contribution in [-0.4, -0.2) is 58.7 Å². The highest BCUT2D eigenvalue weighted by atomic mass is 28.4. The SMILES string of the molecule is COCOC1CC(=O)C(CO[Si](C)(C)C(C)(C)C)C2OC(C)(C)OC12. The van der Waals surface area contributed by atoms with Gasteiger partial charge in [0.1, 0.15) is 24.8 Å². The molecule has 6 nitrogen and oxygen atoms in total. The van der Waals surface area contributed by atoms with Crippen LogP contribution in [0, 0.1) is 5.92 Å². The Kier molecular flexibility index (Phi) is 6.18. The lowest BCUT2D eigenvalue weighted by atomic mass is 9.82. The first-order chi connectivity index (χ1) is 11.4. The van der Waals surface area contributed by atoms with Crippen LogP contribution in [-0.2, 0) is 28.2 Å². The van der Waals surface area contributed by atoms with Gasteiger partial charge < -0.3 is 23.4 Å². The number of ketones is 1. The van der Waals surface area contributed by atoms with Crippen LogP contribution in [0.1, 0.15) is 41.0 Å². The van der Waals surface area contributed by atoms with Gasteiger partial charge in [0, 0.05) is 20.1 Å². The zero-order valence-corrected chi connectivity index (χ0v) is 17.9. The Bertz CT molecular complexity index is 484. The number of fused-ring (bicyclic) bond motifs is 1. The molecule has 2 fully saturated rings. The second kappa shape index (κ2) is 7.36. The number of ether oxygens (including phenoxy) is 4. The minimum atomic E-state index is -1.94. The molecule has 0 spiro atoms. The molecule has 1 saturated carbocycles. The summed E-state index contributed by atoms with van der Waals surface area (Å²) in [5, 5.41) is 0.0977. The van der Waals surface area contributed by atoms with Crippen molar-refractivity contribution in [2.75, 3.05) is 20.5 Å². The molecule has 1 saturated heterocycles. The third kappa shape index (κ3) is 4.70. The molecule has 2 rings (SSSR count). The molecule has 1 aliphatic heterocycles. The van der Waals surface area contributed by atoms with E-state index in [4.69, 9.17) is 23.4 Å². The molecular formula is C18H34O6Si. The molecule has 25 heavy (non-hydrogen) atoms. The van der Waals surface area contributed by atoms with Crippen molar-refractivity contribution in [2.45, 2.75) is 83.3 Å². The van der Waals surface area contributed by atoms with Crippen molar-refractivity contribution in [1.82, 2.24) is 0 Å². The monoisotopic (exact) mass is 374 g/mol. The minimum absolute atomic E-state index is 0.0977. The molecular weight excluding hydrogens is 340 g/mol. The highest BCUT2D eigenvalue weighted by molar-refractivity contribution is 6.74. The van der Waals surface area contributed by atoms with Gasteiger partial charge in [0.25, 0.3) is 0 Å². The fourth-order valence-electron chi connectivity index (χ4n) is 3.08. The number of Topliss-reactive ketones (excluding diaryl/α,β-unsaturated/α-hetero) is 1. The van der Waals surface area contributed by atoms with Gasteiger partial charge in [0.15, 0.2) is 14.1 Å². The Hall–Kier alpha value is -0.313. The number of hydrogen-bond acceptors (Lipinski definition) is 6. The Balaban J connectivity index is 2.12. The summed E-state index contributed by atoms with van der Waals surface area (Å²) in [6, 6.07) is 0. The van der Waals surface area contributed by atoms with Gasteiger partial charge in [-0.15, -0.1) is 0 Å². The van der Waals surface area contributed by atoms with E-state index in [9.17, 15) is 4.79 Å². The topological polar surface area (TPSA) is 63.2 Å². The summed E-state index contributed by atoms with van der Waals surface area (Å²) in [6.07, 6.45) is -0.669. The molecule has 0 radical (unpaired) electrons. The number of carbonyl (C=O) groups is 1. The Morgan fingerprint density at radius 3 is 2.36 bits per heavy atom. The lowest BCUT2D eigenvalue weighted by Gasteiger charge is -2.40. The van der Waals surface area contributed by atoms with E-state index in [1.165, 1.54) is 0 Å². The standard InChI is InChI=1S/C18H34O6Si/c1-17(2,3)25(7,8)22-10-12-13(19)9-14(21-11-20-6)16-15(12)23-18(4,5)24-16/h12,14-16H,9-11H2,1-8H3. The van der Waals surface area contributed by atoms with Crippen LogP contribution in [0.5, 0.6) is 0 Å². The van der Waals surface area contributed by atoms with Crippen molar-refractivity contribution in [3.63, 3.8) is 0 Å². The van der Waals surface area contributed by atoms with Crippen LogP contribution >= 0.6 is 0 Å². The maximum absolute atomic E-state index is 12.8. The van der Waals surface area contributed by atoms with Crippen LogP contribution in [0.25, 0.3) is 0 Å². The molecule has 0 aromatic rings. The van der Waals surface area contributed by atoms with Crippen molar-refractivity contribution in [1.29, 1.82) is 0 Å². The second-order valence-electron chi connectivity index (χ2n) is 9.02. The molecule has 2 aliphatic rings. The summed E-state index contributed by atoms with van der Waals surface area (Å²) in [5.41, 5.74) is 0. The first-order valence-corrected chi connectivity index (χ1v) is 11.9. The number of methoxy groups -OCH3 is 1. The van der Waals surface area contributed by atoms with Gasteiger partial charge in [-0.25, -0.2) is 0 Å². The molecule has 0 amide bonds. The average molecular weight is 375 g/mol. The van der Waals surface area contributed by atoms with Crippen molar-refractivity contribution < 1.29 is 28.2 Å². The summed E-state index contributed by atoms with van der Waals surface area (Å²) in [4.78, 5) is 12.8. The van der Waals surface area contributed by atoms with E-state index in [0.29, 0.717) is 13.0 Å². The molecule has 0 bridgehead atoms. The molecule has 4 atom stereocenters. The summed E-state index contributed by atoms with van der Waals surface area (Å²) in [6.45, 7) is 15.2. The van der Waals surface area contributed by atoms with E-state index in [2.05, 4.69) is 33.9 Å². The van der Waals surface area contributed by atoms with E-state index in [-0.39, 0.29) is 41.8 Å². The lowest BCUT2D eigenvalue weighted by Crippen LogP contribution is -2.53.